The fourth-order valence-electron chi connectivity index (χ4n) is 0.951. The number of aromatic nitrogens is 3. The lowest BCUT2D eigenvalue weighted by molar-refractivity contribution is 1.08. The molecule has 0 aromatic carbocycles. The molecular formula is C6H2BBr2N3. The Balaban J connectivity index is 2.88. The number of nitrogens with zero attached hydrogens (tertiary/aromatic N) is 3. The SMILES string of the molecule is [B]c1cn2cc(Br)nc(Br)c2n1. The van der Waals surface area contributed by atoms with Crippen LogP contribution in [0.5, 0.6) is 0 Å². The maximum Gasteiger partial charge on any atom is 0.169 e. The van der Waals surface area contributed by atoms with E-state index in [4.69, 9.17) is 7.85 Å². The van der Waals surface area contributed by atoms with E-state index >= 15 is 0 Å². The van der Waals surface area contributed by atoms with Crippen LogP contribution in [-0.2, 0) is 0 Å². The zero-order valence-electron chi connectivity index (χ0n) is 5.83. The minimum absolute atomic E-state index is 0.482. The molecule has 0 saturated heterocycles. The summed E-state index contributed by atoms with van der Waals surface area (Å²) in [5, 5.41) is 0. The van der Waals surface area contributed by atoms with Crippen molar-refractivity contribution in [3.05, 3.63) is 21.6 Å². The second-order valence-electron chi connectivity index (χ2n) is 2.25. The highest BCUT2D eigenvalue weighted by Crippen LogP contribution is 2.16. The average Bonchev–Trinajstić information content (AvgIpc) is 2.29. The van der Waals surface area contributed by atoms with Crippen molar-refractivity contribution < 1.29 is 0 Å². The van der Waals surface area contributed by atoms with E-state index in [0.717, 1.165) is 10.3 Å². The Hall–Kier alpha value is -0.355. The van der Waals surface area contributed by atoms with Crippen molar-refractivity contribution in [3.63, 3.8) is 0 Å². The molecular weight excluding hydrogens is 285 g/mol. The van der Waals surface area contributed by atoms with Gasteiger partial charge in [-0.2, -0.15) is 0 Å². The summed E-state index contributed by atoms with van der Waals surface area (Å²) in [6, 6.07) is 0. The topological polar surface area (TPSA) is 30.2 Å². The molecule has 0 atom stereocenters. The molecule has 2 aromatic rings. The number of rotatable bonds is 0. The summed E-state index contributed by atoms with van der Waals surface area (Å²) in [5.74, 6) is 0. The van der Waals surface area contributed by atoms with Crippen LogP contribution in [0.1, 0.15) is 0 Å². The number of fused-ring (bicyclic) bond motifs is 1. The summed E-state index contributed by atoms with van der Waals surface area (Å²) in [7, 11) is 5.51. The van der Waals surface area contributed by atoms with Gasteiger partial charge < -0.3 is 4.40 Å². The maximum atomic E-state index is 5.51. The van der Waals surface area contributed by atoms with Crippen molar-refractivity contribution in [3.8, 4) is 0 Å². The van der Waals surface area contributed by atoms with Gasteiger partial charge in [0.05, 0.1) is 0 Å². The Labute approximate surface area is 86.9 Å². The lowest BCUT2D eigenvalue weighted by Crippen LogP contribution is -1.99. The Morgan fingerprint density at radius 3 is 2.75 bits per heavy atom. The lowest BCUT2D eigenvalue weighted by Gasteiger charge is -1.95. The minimum Gasteiger partial charge on any atom is -0.303 e. The highest BCUT2D eigenvalue weighted by molar-refractivity contribution is 9.11. The summed E-state index contributed by atoms with van der Waals surface area (Å²) in [6.07, 6.45) is 3.52. The van der Waals surface area contributed by atoms with Crippen LogP contribution in [0.4, 0.5) is 0 Å². The molecule has 0 N–H and O–H groups in total. The Bertz CT molecular complexity index is 440. The molecule has 2 rings (SSSR count). The molecule has 2 heterocycles. The summed E-state index contributed by atoms with van der Waals surface area (Å²) < 4.78 is 3.21. The predicted molar refractivity (Wildman–Crippen MR) is 53.8 cm³/mol. The smallest absolute Gasteiger partial charge is 0.169 e. The second-order valence-corrected chi connectivity index (χ2v) is 3.81. The molecule has 0 aliphatic carbocycles. The first-order valence-electron chi connectivity index (χ1n) is 3.13. The Kier molecular flexibility index (Phi) is 1.96. The van der Waals surface area contributed by atoms with E-state index in [1.165, 1.54) is 0 Å². The molecule has 0 saturated carbocycles. The van der Waals surface area contributed by atoms with Crippen LogP contribution in [0, 0.1) is 0 Å². The molecule has 0 spiro atoms. The zero-order valence-corrected chi connectivity index (χ0v) is 9.00. The highest BCUT2D eigenvalue weighted by atomic mass is 79.9. The molecule has 0 bridgehead atoms. The van der Waals surface area contributed by atoms with Crippen LogP contribution in [0.3, 0.4) is 0 Å². The van der Waals surface area contributed by atoms with Gasteiger partial charge in [-0.1, -0.05) is 0 Å². The third kappa shape index (κ3) is 1.29. The van der Waals surface area contributed by atoms with Gasteiger partial charge in [0.2, 0.25) is 0 Å². The lowest BCUT2D eigenvalue weighted by atomic mass is 10.1. The van der Waals surface area contributed by atoms with E-state index in [1.54, 1.807) is 16.8 Å². The summed E-state index contributed by atoms with van der Waals surface area (Å²) in [5.41, 5.74) is 1.20. The van der Waals surface area contributed by atoms with Crippen LogP contribution in [0.15, 0.2) is 21.6 Å². The summed E-state index contributed by atoms with van der Waals surface area (Å²) in [6.45, 7) is 0. The van der Waals surface area contributed by atoms with Crippen molar-refractivity contribution in [1.29, 1.82) is 0 Å². The van der Waals surface area contributed by atoms with Gasteiger partial charge in [0, 0.05) is 18.0 Å². The normalized spacial score (nSPS) is 10.8. The maximum absolute atomic E-state index is 5.51. The van der Waals surface area contributed by atoms with E-state index in [0.29, 0.717) is 10.2 Å². The van der Waals surface area contributed by atoms with Gasteiger partial charge in [-0.3, -0.25) is 0 Å². The van der Waals surface area contributed by atoms with Gasteiger partial charge in [-0.25, -0.2) is 9.97 Å². The number of halogens is 2. The van der Waals surface area contributed by atoms with E-state index < -0.39 is 0 Å². The highest BCUT2D eigenvalue weighted by Gasteiger charge is 2.03. The van der Waals surface area contributed by atoms with Crippen molar-refractivity contribution in [1.82, 2.24) is 14.4 Å². The first-order valence-corrected chi connectivity index (χ1v) is 4.71. The van der Waals surface area contributed by atoms with Gasteiger partial charge in [-0.15, -0.1) is 0 Å². The van der Waals surface area contributed by atoms with Crippen molar-refractivity contribution >= 4 is 50.9 Å². The predicted octanol–water partition coefficient (Wildman–Crippen LogP) is 1.05. The molecule has 0 fully saturated rings. The third-order valence-electron chi connectivity index (χ3n) is 1.39. The molecule has 0 amide bonds. The molecule has 6 heteroatoms. The Morgan fingerprint density at radius 1 is 1.25 bits per heavy atom. The fourth-order valence-corrected chi connectivity index (χ4v) is 2.07. The molecule has 0 aliphatic heterocycles. The van der Waals surface area contributed by atoms with Crippen LogP contribution >= 0.6 is 31.9 Å². The standard InChI is InChI=1S/C6H2BBr2N3/c7-3-1-12-2-4(8)11-5(9)6(12)10-3/h1-2H. The summed E-state index contributed by atoms with van der Waals surface area (Å²) >= 11 is 6.54. The largest absolute Gasteiger partial charge is 0.303 e. The first kappa shape index (κ1) is 8.25. The van der Waals surface area contributed by atoms with Crippen molar-refractivity contribution in [2.24, 2.45) is 0 Å². The van der Waals surface area contributed by atoms with Crippen LogP contribution < -0.4 is 5.59 Å². The number of hydrogen-bond acceptors (Lipinski definition) is 2. The molecule has 12 heavy (non-hydrogen) atoms. The van der Waals surface area contributed by atoms with Gasteiger partial charge in [0.1, 0.15) is 12.4 Å². The average molecular weight is 287 g/mol. The molecule has 2 aromatic heterocycles. The van der Waals surface area contributed by atoms with Gasteiger partial charge in [0.15, 0.2) is 10.3 Å². The molecule has 58 valence electrons. The third-order valence-corrected chi connectivity index (χ3v) is 2.30. The summed E-state index contributed by atoms with van der Waals surface area (Å²) in [4.78, 5) is 8.17. The molecule has 0 unspecified atom stereocenters. The Morgan fingerprint density at radius 2 is 2.00 bits per heavy atom. The second kappa shape index (κ2) is 2.85. The fraction of sp³-hybridized carbons (Fsp3) is 0. The molecule has 0 aliphatic rings. The van der Waals surface area contributed by atoms with E-state index in [-0.39, 0.29) is 0 Å². The van der Waals surface area contributed by atoms with E-state index in [2.05, 4.69) is 41.8 Å². The molecule has 2 radical (unpaired) electrons. The van der Waals surface area contributed by atoms with Crippen molar-refractivity contribution in [2.45, 2.75) is 0 Å². The van der Waals surface area contributed by atoms with Crippen LogP contribution in [0.25, 0.3) is 5.65 Å². The van der Waals surface area contributed by atoms with E-state index in [9.17, 15) is 0 Å². The quantitative estimate of drug-likeness (QED) is 0.678. The first-order chi connectivity index (χ1) is 5.66. The van der Waals surface area contributed by atoms with Gasteiger partial charge in [-0.05, 0) is 31.9 Å². The van der Waals surface area contributed by atoms with Gasteiger partial charge >= 0.3 is 0 Å². The van der Waals surface area contributed by atoms with Crippen molar-refractivity contribution in [2.75, 3.05) is 0 Å². The van der Waals surface area contributed by atoms with Crippen LogP contribution in [-0.4, -0.2) is 22.2 Å². The number of hydrogen-bond donors (Lipinski definition) is 0. The zero-order chi connectivity index (χ0) is 8.72. The number of imidazole rings is 1. The van der Waals surface area contributed by atoms with Gasteiger partial charge in [0.25, 0.3) is 0 Å². The molecule has 3 nitrogen and oxygen atoms in total. The minimum atomic E-state index is 0.482. The van der Waals surface area contributed by atoms with Crippen LogP contribution in [0.2, 0.25) is 0 Å². The monoisotopic (exact) mass is 285 g/mol. The van der Waals surface area contributed by atoms with E-state index in [1.807, 2.05) is 0 Å².